The molecule has 0 aromatic heterocycles. The van der Waals surface area contributed by atoms with Gasteiger partial charge >= 0.3 is 0 Å². The highest BCUT2D eigenvalue weighted by Gasteiger charge is 2.39. The highest BCUT2D eigenvalue weighted by Crippen LogP contribution is 2.46. The average molecular weight is 451 g/mol. The maximum absolute atomic E-state index is 10.1. The molecule has 6 nitrogen and oxygen atoms in total. The number of methoxy groups -OCH3 is 2. The first kappa shape index (κ1) is 22.1. The van der Waals surface area contributed by atoms with Crippen LogP contribution in [0.3, 0.4) is 0 Å². The van der Waals surface area contributed by atoms with Crippen LogP contribution in [-0.4, -0.2) is 54.7 Å². The van der Waals surface area contributed by atoms with Crippen molar-refractivity contribution in [1.82, 2.24) is 4.90 Å². The van der Waals surface area contributed by atoms with Crippen LogP contribution in [0.5, 0.6) is 23.0 Å². The van der Waals surface area contributed by atoms with E-state index in [2.05, 4.69) is 24.0 Å². The Morgan fingerprint density at radius 1 is 0.970 bits per heavy atom. The van der Waals surface area contributed by atoms with Crippen molar-refractivity contribution in [3.05, 3.63) is 46.5 Å². The molecule has 3 atom stereocenters. The van der Waals surface area contributed by atoms with E-state index >= 15 is 0 Å². The number of hydrogen-bond acceptors (Lipinski definition) is 6. The highest BCUT2D eigenvalue weighted by molar-refractivity contribution is 6.03. The fourth-order valence-corrected chi connectivity index (χ4v) is 6.13. The van der Waals surface area contributed by atoms with Crippen molar-refractivity contribution >= 4 is 5.71 Å². The molecule has 0 saturated carbocycles. The summed E-state index contributed by atoms with van der Waals surface area (Å²) in [6, 6.07) is 8.12. The van der Waals surface area contributed by atoms with Crippen LogP contribution in [0, 0.1) is 11.8 Å². The van der Waals surface area contributed by atoms with Crippen LogP contribution >= 0.6 is 0 Å². The van der Waals surface area contributed by atoms with Gasteiger partial charge in [-0.1, -0.05) is 13.3 Å². The van der Waals surface area contributed by atoms with Crippen LogP contribution in [0.15, 0.2) is 29.3 Å². The molecule has 1 saturated heterocycles. The summed E-state index contributed by atoms with van der Waals surface area (Å²) in [6.07, 6.45) is 4.98. The molecule has 0 spiro atoms. The second-order valence-electron chi connectivity index (χ2n) is 9.61. The molecule has 0 amide bonds. The summed E-state index contributed by atoms with van der Waals surface area (Å²) in [5.41, 5.74) is 5.90. The molecule has 1 fully saturated rings. The first-order valence-corrected chi connectivity index (χ1v) is 12.1. The lowest BCUT2D eigenvalue weighted by molar-refractivity contribution is 0.0546. The van der Waals surface area contributed by atoms with Crippen LogP contribution in [0.25, 0.3) is 0 Å². The van der Waals surface area contributed by atoms with Crippen molar-refractivity contribution in [3.8, 4) is 23.0 Å². The van der Waals surface area contributed by atoms with Crippen LogP contribution in [0.2, 0.25) is 0 Å². The Bertz CT molecular complexity index is 1080. The number of hydrogen-bond donors (Lipinski definition) is 2. The van der Waals surface area contributed by atoms with Crippen LogP contribution in [0.4, 0.5) is 0 Å². The summed E-state index contributed by atoms with van der Waals surface area (Å²) in [5, 5.41) is 20.1. The van der Waals surface area contributed by atoms with Crippen LogP contribution in [0.1, 0.15) is 54.5 Å². The third kappa shape index (κ3) is 3.95. The largest absolute Gasteiger partial charge is 0.504 e. The zero-order chi connectivity index (χ0) is 23.1. The van der Waals surface area contributed by atoms with Crippen molar-refractivity contribution < 1.29 is 19.7 Å². The number of nitrogens with zero attached hydrogens (tertiary/aromatic N) is 2. The van der Waals surface area contributed by atoms with Gasteiger partial charge in [0.2, 0.25) is 0 Å². The Balaban J connectivity index is 1.45. The topological polar surface area (TPSA) is 74.5 Å². The highest BCUT2D eigenvalue weighted by atomic mass is 16.5. The molecule has 2 aromatic carbocycles. The molecule has 5 rings (SSSR count). The van der Waals surface area contributed by atoms with Gasteiger partial charge in [0.25, 0.3) is 0 Å². The molecule has 33 heavy (non-hydrogen) atoms. The number of rotatable bonds is 5. The molecule has 0 aliphatic carbocycles. The van der Waals surface area contributed by atoms with E-state index in [4.69, 9.17) is 14.5 Å². The van der Waals surface area contributed by atoms with E-state index in [0.717, 1.165) is 80.1 Å². The zero-order valence-corrected chi connectivity index (χ0v) is 19.8. The Morgan fingerprint density at radius 3 is 2.48 bits per heavy atom. The van der Waals surface area contributed by atoms with Crippen molar-refractivity contribution in [1.29, 1.82) is 0 Å². The predicted octanol–water partition coefficient (Wildman–Crippen LogP) is 4.50. The van der Waals surface area contributed by atoms with Crippen molar-refractivity contribution in [2.45, 2.75) is 45.1 Å². The second kappa shape index (κ2) is 8.90. The molecule has 3 aliphatic rings. The van der Waals surface area contributed by atoms with Gasteiger partial charge in [0.05, 0.1) is 14.2 Å². The molecule has 176 valence electrons. The monoisotopic (exact) mass is 450 g/mol. The van der Waals surface area contributed by atoms with E-state index in [1.165, 1.54) is 11.1 Å². The third-order valence-corrected chi connectivity index (χ3v) is 7.95. The number of phenols is 2. The van der Waals surface area contributed by atoms with Crippen molar-refractivity contribution in [2.75, 3.05) is 33.9 Å². The fraction of sp³-hybridized carbons (Fsp3) is 0.519. The standard InChI is InChI=1S/C27H34N2O4/c1-4-16-15-29-8-6-18-12-26(32-2)27(33-3)14-21(18)23(29)10-19(16)9-22-20-13-25(31)24(30)11-17(20)5-7-28-22/h11-14,16,19,23,30-31H,4-10,15H2,1-3H3/t16-,19-,23-/m0/s1. The van der Waals surface area contributed by atoms with Gasteiger partial charge < -0.3 is 19.7 Å². The molecule has 6 heteroatoms. The summed E-state index contributed by atoms with van der Waals surface area (Å²) in [7, 11) is 3.40. The number of aliphatic imine (C=N–C) groups is 1. The Kier molecular flexibility index (Phi) is 5.95. The van der Waals surface area contributed by atoms with E-state index in [1.54, 1.807) is 26.4 Å². The predicted molar refractivity (Wildman–Crippen MR) is 129 cm³/mol. The maximum Gasteiger partial charge on any atom is 0.161 e. The lowest BCUT2D eigenvalue weighted by atomic mass is 9.73. The lowest BCUT2D eigenvalue weighted by Crippen LogP contribution is -2.46. The van der Waals surface area contributed by atoms with Crippen LogP contribution < -0.4 is 9.47 Å². The number of phenolic OH excluding ortho intramolecular Hbond substituents is 2. The molecular weight excluding hydrogens is 416 g/mol. The first-order valence-electron chi connectivity index (χ1n) is 12.1. The van der Waals surface area contributed by atoms with E-state index in [1.807, 2.05) is 0 Å². The quantitative estimate of drug-likeness (QED) is 0.657. The van der Waals surface area contributed by atoms with Gasteiger partial charge in [0, 0.05) is 37.0 Å². The second-order valence-corrected chi connectivity index (χ2v) is 9.61. The van der Waals surface area contributed by atoms with E-state index in [0.29, 0.717) is 17.9 Å². The lowest BCUT2D eigenvalue weighted by Gasteiger charge is -2.47. The van der Waals surface area contributed by atoms with Gasteiger partial charge in [-0.2, -0.15) is 0 Å². The fourth-order valence-electron chi connectivity index (χ4n) is 6.13. The van der Waals surface area contributed by atoms with Gasteiger partial charge in [-0.05, 0) is 78.5 Å². The average Bonchev–Trinajstić information content (AvgIpc) is 2.83. The van der Waals surface area contributed by atoms with E-state index < -0.39 is 0 Å². The van der Waals surface area contributed by atoms with Gasteiger partial charge in [0.1, 0.15) is 0 Å². The number of ether oxygens (including phenoxy) is 2. The van der Waals surface area contributed by atoms with Crippen molar-refractivity contribution in [2.24, 2.45) is 16.8 Å². The number of aromatic hydroxyl groups is 2. The number of benzene rings is 2. The molecule has 0 unspecified atom stereocenters. The molecule has 0 radical (unpaired) electrons. The zero-order valence-electron chi connectivity index (χ0n) is 19.8. The molecule has 2 aromatic rings. The van der Waals surface area contributed by atoms with Gasteiger partial charge in [-0.3, -0.25) is 9.89 Å². The molecule has 3 aliphatic heterocycles. The number of piperidine rings is 1. The van der Waals surface area contributed by atoms with Crippen LogP contribution in [-0.2, 0) is 12.8 Å². The molecular formula is C27H34N2O4. The summed E-state index contributed by atoms with van der Waals surface area (Å²) in [5.74, 6) is 2.62. The van der Waals surface area contributed by atoms with Gasteiger partial charge in [0.15, 0.2) is 23.0 Å². The molecule has 3 heterocycles. The van der Waals surface area contributed by atoms with E-state index in [9.17, 15) is 10.2 Å². The summed E-state index contributed by atoms with van der Waals surface area (Å²) < 4.78 is 11.2. The van der Waals surface area contributed by atoms with Gasteiger partial charge in [-0.25, -0.2) is 0 Å². The Hall–Kier alpha value is -2.73. The SMILES string of the molecule is CC[C@H]1CN2CCc3cc(OC)c(OC)cc3[C@@H]2C[C@@H]1CC1=NCCc2cc(O)c(O)cc21. The first-order chi connectivity index (χ1) is 16.0. The normalized spacial score (nSPS) is 24.3. The summed E-state index contributed by atoms with van der Waals surface area (Å²) in [4.78, 5) is 7.53. The Morgan fingerprint density at radius 2 is 1.73 bits per heavy atom. The van der Waals surface area contributed by atoms with E-state index in [-0.39, 0.29) is 11.5 Å². The minimum Gasteiger partial charge on any atom is -0.504 e. The Labute approximate surface area is 195 Å². The minimum absolute atomic E-state index is 0.0436. The minimum atomic E-state index is -0.0625. The third-order valence-electron chi connectivity index (χ3n) is 7.95. The smallest absolute Gasteiger partial charge is 0.161 e. The summed E-state index contributed by atoms with van der Waals surface area (Å²) in [6.45, 7) is 5.21. The molecule has 0 bridgehead atoms. The van der Waals surface area contributed by atoms with Gasteiger partial charge in [-0.15, -0.1) is 0 Å². The van der Waals surface area contributed by atoms with Crippen molar-refractivity contribution in [3.63, 3.8) is 0 Å². The summed E-state index contributed by atoms with van der Waals surface area (Å²) >= 11 is 0. The number of fused-ring (bicyclic) bond motifs is 4. The maximum atomic E-state index is 10.1. The molecule has 2 N–H and O–H groups in total.